The number of nitrogens with one attached hydrogen (secondary N) is 2. The lowest BCUT2D eigenvalue weighted by molar-refractivity contribution is 0.166. The molecule has 3 rings (SSSR count). The highest BCUT2D eigenvalue weighted by Gasteiger charge is 2.17. The Bertz CT molecular complexity index is 811. The first-order valence-corrected chi connectivity index (χ1v) is 10.4. The van der Waals surface area contributed by atoms with Crippen molar-refractivity contribution in [2.75, 3.05) is 26.4 Å². The Hall–Kier alpha value is -1.58. The minimum atomic E-state index is 0. The molecular weight excluding hydrogens is 515 g/mol. The average Bonchev–Trinajstić information content (AvgIpc) is 3.24. The molecule has 1 aromatic heterocycles. The summed E-state index contributed by atoms with van der Waals surface area (Å²) in [5, 5.41) is 7.16. The van der Waals surface area contributed by atoms with Gasteiger partial charge >= 0.3 is 0 Å². The van der Waals surface area contributed by atoms with Crippen LogP contribution >= 0.6 is 35.6 Å². The molecule has 0 aliphatic carbocycles. The van der Waals surface area contributed by atoms with Crippen LogP contribution in [0.5, 0.6) is 5.75 Å². The van der Waals surface area contributed by atoms with E-state index < -0.39 is 0 Å². The van der Waals surface area contributed by atoms with Gasteiger partial charge in [0.15, 0.2) is 5.96 Å². The van der Waals surface area contributed by atoms with Gasteiger partial charge in [-0.2, -0.15) is 0 Å². The highest BCUT2D eigenvalue weighted by atomic mass is 127. The molecule has 1 aliphatic rings. The zero-order valence-electron chi connectivity index (χ0n) is 17.5. The molecule has 0 spiro atoms. The van der Waals surface area contributed by atoms with Crippen LogP contribution in [-0.4, -0.2) is 37.3 Å². The van der Waals surface area contributed by atoms with Crippen molar-refractivity contribution in [3.8, 4) is 5.75 Å². The third kappa shape index (κ3) is 7.92. The highest BCUT2D eigenvalue weighted by Crippen LogP contribution is 2.22. The van der Waals surface area contributed by atoms with Crippen molar-refractivity contribution in [3.05, 3.63) is 58.4 Å². The second kappa shape index (κ2) is 13.0. The van der Waals surface area contributed by atoms with Crippen LogP contribution in [-0.2, 0) is 17.8 Å². The standard InChI is InChI=1S/C22H29ClN4O2.HI/c1-3-24-22(26-12-17-5-7-21(23)25-11-17)27-13-19-6-4-16(2)10-20(19)29-15-18-8-9-28-14-18;/h4-7,10-11,18H,3,8-9,12-15H2,1-2H3,(H2,24,26,27);1H. The average molecular weight is 545 g/mol. The van der Waals surface area contributed by atoms with Gasteiger partial charge in [-0.25, -0.2) is 9.98 Å². The highest BCUT2D eigenvalue weighted by molar-refractivity contribution is 14.0. The normalized spacial score (nSPS) is 16.1. The van der Waals surface area contributed by atoms with E-state index in [-0.39, 0.29) is 24.0 Å². The van der Waals surface area contributed by atoms with Crippen LogP contribution in [0.3, 0.4) is 0 Å². The van der Waals surface area contributed by atoms with E-state index in [0.717, 1.165) is 49.0 Å². The number of aryl methyl sites for hydroxylation is 1. The predicted octanol–water partition coefficient (Wildman–Crippen LogP) is 4.33. The van der Waals surface area contributed by atoms with Crippen LogP contribution in [0.2, 0.25) is 5.15 Å². The molecule has 1 aromatic carbocycles. The van der Waals surface area contributed by atoms with E-state index in [0.29, 0.717) is 30.8 Å². The number of guanidine groups is 1. The lowest BCUT2D eigenvalue weighted by Crippen LogP contribution is -2.36. The van der Waals surface area contributed by atoms with Gasteiger partial charge in [-0.3, -0.25) is 0 Å². The molecule has 0 radical (unpaired) electrons. The van der Waals surface area contributed by atoms with Crippen molar-refractivity contribution in [1.82, 2.24) is 15.6 Å². The summed E-state index contributed by atoms with van der Waals surface area (Å²) in [5.41, 5.74) is 3.29. The molecule has 1 saturated heterocycles. The number of aliphatic imine (C=N–C) groups is 1. The molecule has 2 N–H and O–H groups in total. The molecule has 0 bridgehead atoms. The molecule has 1 atom stereocenters. The first kappa shape index (κ1) is 24.7. The number of aromatic nitrogens is 1. The SMILES string of the molecule is CCNC(=NCc1ccc(Cl)nc1)NCc1ccc(C)cc1OCC1CCOC1.I. The summed E-state index contributed by atoms with van der Waals surface area (Å²) in [6.45, 7) is 8.37. The van der Waals surface area contributed by atoms with Gasteiger partial charge in [0.2, 0.25) is 0 Å². The lowest BCUT2D eigenvalue weighted by atomic mass is 10.1. The molecule has 1 aliphatic heterocycles. The molecule has 8 heteroatoms. The number of benzene rings is 1. The van der Waals surface area contributed by atoms with Crippen LogP contribution in [0.4, 0.5) is 0 Å². The Kier molecular flexibility index (Phi) is 10.7. The number of pyridine rings is 1. The van der Waals surface area contributed by atoms with Crippen molar-refractivity contribution in [1.29, 1.82) is 0 Å². The Morgan fingerprint density at radius 3 is 2.87 bits per heavy atom. The summed E-state index contributed by atoms with van der Waals surface area (Å²) in [6.07, 6.45) is 2.81. The van der Waals surface area contributed by atoms with E-state index in [1.165, 1.54) is 5.56 Å². The third-order valence-corrected chi connectivity index (χ3v) is 4.94. The van der Waals surface area contributed by atoms with Gasteiger partial charge in [-0.15, -0.1) is 24.0 Å². The molecule has 2 aromatic rings. The van der Waals surface area contributed by atoms with Gasteiger partial charge in [-0.05, 0) is 43.5 Å². The molecule has 1 unspecified atom stereocenters. The number of nitrogens with zero attached hydrogens (tertiary/aromatic N) is 2. The van der Waals surface area contributed by atoms with Crippen molar-refractivity contribution in [3.63, 3.8) is 0 Å². The van der Waals surface area contributed by atoms with Crippen LogP contribution in [0.25, 0.3) is 0 Å². The van der Waals surface area contributed by atoms with E-state index in [9.17, 15) is 0 Å². The Balaban J connectivity index is 0.00000320. The molecule has 0 saturated carbocycles. The van der Waals surface area contributed by atoms with Gasteiger partial charge in [-0.1, -0.05) is 29.8 Å². The minimum absolute atomic E-state index is 0. The third-order valence-electron chi connectivity index (χ3n) is 4.72. The Morgan fingerprint density at radius 2 is 2.17 bits per heavy atom. The summed E-state index contributed by atoms with van der Waals surface area (Å²) in [4.78, 5) is 8.74. The molecule has 2 heterocycles. The number of halogens is 2. The van der Waals surface area contributed by atoms with E-state index >= 15 is 0 Å². The van der Waals surface area contributed by atoms with E-state index in [2.05, 4.69) is 45.7 Å². The largest absolute Gasteiger partial charge is 0.493 e. The second-order valence-electron chi connectivity index (χ2n) is 7.19. The van der Waals surface area contributed by atoms with Crippen molar-refractivity contribution < 1.29 is 9.47 Å². The number of ether oxygens (including phenoxy) is 2. The molecule has 6 nitrogen and oxygen atoms in total. The molecular formula is C22H30ClIN4O2. The smallest absolute Gasteiger partial charge is 0.191 e. The maximum Gasteiger partial charge on any atom is 0.191 e. The van der Waals surface area contributed by atoms with E-state index in [1.807, 2.05) is 13.0 Å². The summed E-state index contributed by atoms with van der Waals surface area (Å²) in [6, 6.07) is 10.0. The predicted molar refractivity (Wildman–Crippen MR) is 132 cm³/mol. The first-order valence-electron chi connectivity index (χ1n) is 10.1. The zero-order valence-corrected chi connectivity index (χ0v) is 20.6. The topological polar surface area (TPSA) is 67.8 Å². The van der Waals surface area contributed by atoms with Crippen LogP contribution in [0.15, 0.2) is 41.5 Å². The maximum atomic E-state index is 6.13. The monoisotopic (exact) mass is 544 g/mol. The summed E-state index contributed by atoms with van der Waals surface area (Å²) in [7, 11) is 0. The van der Waals surface area contributed by atoms with Gasteiger partial charge < -0.3 is 20.1 Å². The number of rotatable bonds is 8. The van der Waals surface area contributed by atoms with Crippen LogP contribution in [0.1, 0.15) is 30.0 Å². The first-order chi connectivity index (χ1) is 14.1. The van der Waals surface area contributed by atoms with Crippen LogP contribution in [0, 0.1) is 12.8 Å². The van der Waals surface area contributed by atoms with E-state index in [4.69, 9.17) is 21.1 Å². The summed E-state index contributed by atoms with van der Waals surface area (Å²) in [5.74, 6) is 2.14. The van der Waals surface area contributed by atoms with Crippen molar-refractivity contribution >= 4 is 41.5 Å². The Morgan fingerprint density at radius 1 is 1.30 bits per heavy atom. The molecule has 1 fully saturated rings. The minimum Gasteiger partial charge on any atom is -0.493 e. The van der Waals surface area contributed by atoms with Gasteiger partial charge in [0.05, 0.1) is 19.8 Å². The maximum absolute atomic E-state index is 6.13. The fraction of sp³-hybridized carbons (Fsp3) is 0.455. The number of hydrogen-bond acceptors (Lipinski definition) is 4. The second-order valence-corrected chi connectivity index (χ2v) is 7.58. The molecule has 164 valence electrons. The van der Waals surface area contributed by atoms with Gasteiger partial charge in [0.25, 0.3) is 0 Å². The Labute approximate surface area is 200 Å². The van der Waals surface area contributed by atoms with Gasteiger partial charge in [0.1, 0.15) is 10.9 Å². The lowest BCUT2D eigenvalue weighted by Gasteiger charge is -2.17. The summed E-state index contributed by atoms with van der Waals surface area (Å²) < 4.78 is 11.6. The summed E-state index contributed by atoms with van der Waals surface area (Å²) >= 11 is 5.84. The number of hydrogen-bond donors (Lipinski definition) is 2. The van der Waals surface area contributed by atoms with Crippen molar-refractivity contribution in [2.24, 2.45) is 10.9 Å². The van der Waals surface area contributed by atoms with Crippen LogP contribution < -0.4 is 15.4 Å². The fourth-order valence-electron chi connectivity index (χ4n) is 3.06. The fourth-order valence-corrected chi connectivity index (χ4v) is 3.17. The zero-order chi connectivity index (χ0) is 20.5. The van der Waals surface area contributed by atoms with E-state index in [1.54, 1.807) is 12.3 Å². The quantitative estimate of drug-likeness (QED) is 0.224. The molecule has 30 heavy (non-hydrogen) atoms. The van der Waals surface area contributed by atoms with Crippen molar-refractivity contribution in [2.45, 2.75) is 33.4 Å². The van der Waals surface area contributed by atoms with Gasteiger partial charge in [0, 0.05) is 37.4 Å². The molecule has 0 amide bonds.